The van der Waals surface area contributed by atoms with Crippen LogP contribution in [0.1, 0.15) is 48.2 Å². The lowest BCUT2D eigenvalue weighted by Crippen LogP contribution is -2.25. The third-order valence-electron chi connectivity index (χ3n) is 7.51. The Hall–Kier alpha value is -3.92. The Bertz CT molecular complexity index is 1460. The summed E-state index contributed by atoms with van der Waals surface area (Å²) in [5.41, 5.74) is 4.60. The van der Waals surface area contributed by atoms with E-state index in [0.29, 0.717) is 16.9 Å². The quantitative estimate of drug-likeness (QED) is 0.342. The zero-order valence-electron chi connectivity index (χ0n) is 21.7. The second kappa shape index (κ2) is 10.7. The van der Waals surface area contributed by atoms with E-state index in [1.54, 1.807) is 17.0 Å². The fourth-order valence-corrected chi connectivity index (χ4v) is 5.42. The Labute approximate surface area is 225 Å². The molecule has 2 aliphatic heterocycles. The van der Waals surface area contributed by atoms with E-state index >= 15 is 0 Å². The topological polar surface area (TPSA) is 90.0 Å². The number of carbonyl (C=O) groups is 1. The standard InChI is InChI=1S/C29H31F2N7O/c30-29(31)9-12-38(19-29)26-8-6-23(17-33-26)34-28(39)27-24-14-21(5-7-25(24)35-36-27)22-13-20(15-32-16-22)18-37-10-3-1-2-4-11-37/h5-8,13-17H,1-4,9-12,18-19H2,(H,34,39)(H,35,36). The molecule has 0 unspecified atom stereocenters. The number of likely N-dealkylation sites (tertiary alicyclic amines) is 1. The van der Waals surface area contributed by atoms with Crippen molar-refractivity contribution in [2.75, 3.05) is 36.4 Å². The molecule has 202 valence electrons. The number of nitrogens with one attached hydrogen (secondary N) is 2. The van der Waals surface area contributed by atoms with Crippen molar-refractivity contribution >= 4 is 28.3 Å². The van der Waals surface area contributed by atoms with Crippen molar-refractivity contribution in [2.45, 2.75) is 44.6 Å². The molecular weight excluding hydrogens is 500 g/mol. The van der Waals surface area contributed by atoms with E-state index in [1.807, 2.05) is 30.6 Å². The number of nitrogens with zero attached hydrogens (tertiary/aromatic N) is 5. The molecule has 2 fully saturated rings. The van der Waals surface area contributed by atoms with Crippen molar-refractivity contribution in [3.8, 4) is 11.1 Å². The van der Waals surface area contributed by atoms with Crippen LogP contribution in [0.3, 0.4) is 0 Å². The molecule has 2 saturated heterocycles. The molecule has 2 N–H and O–H groups in total. The van der Waals surface area contributed by atoms with Crippen LogP contribution >= 0.6 is 0 Å². The summed E-state index contributed by atoms with van der Waals surface area (Å²) in [6.07, 6.45) is 10.2. The second-order valence-electron chi connectivity index (χ2n) is 10.5. The highest BCUT2D eigenvalue weighted by Crippen LogP contribution is 2.30. The summed E-state index contributed by atoms with van der Waals surface area (Å²) in [6, 6.07) is 11.3. The van der Waals surface area contributed by atoms with Gasteiger partial charge >= 0.3 is 0 Å². The van der Waals surface area contributed by atoms with E-state index in [-0.39, 0.29) is 31.1 Å². The Balaban J connectivity index is 1.18. The number of amides is 1. The third kappa shape index (κ3) is 5.75. The van der Waals surface area contributed by atoms with Crippen molar-refractivity contribution in [1.82, 2.24) is 25.1 Å². The number of anilines is 2. The van der Waals surface area contributed by atoms with E-state index in [4.69, 9.17) is 0 Å². The average Bonchev–Trinajstić information content (AvgIpc) is 3.43. The summed E-state index contributed by atoms with van der Waals surface area (Å²) in [7, 11) is 0. The Kier molecular flexibility index (Phi) is 6.95. The Morgan fingerprint density at radius 2 is 1.82 bits per heavy atom. The minimum absolute atomic E-state index is 0.180. The van der Waals surface area contributed by atoms with Gasteiger partial charge in [0.25, 0.3) is 11.8 Å². The van der Waals surface area contributed by atoms with Gasteiger partial charge in [-0.1, -0.05) is 18.9 Å². The summed E-state index contributed by atoms with van der Waals surface area (Å²) in [5, 5.41) is 10.7. The van der Waals surface area contributed by atoms with Crippen LogP contribution in [0.5, 0.6) is 0 Å². The molecule has 3 aromatic heterocycles. The maximum Gasteiger partial charge on any atom is 0.276 e. The van der Waals surface area contributed by atoms with Gasteiger partial charge in [0, 0.05) is 42.9 Å². The van der Waals surface area contributed by atoms with Gasteiger partial charge in [-0.25, -0.2) is 13.8 Å². The number of H-pyrrole nitrogens is 1. The minimum atomic E-state index is -2.70. The van der Waals surface area contributed by atoms with E-state index < -0.39 is 5.92 Å². The Morgan fingerprint density at radius 1 is 0.974 bits per heavy atom. The average molecular weight is 532 g/mol. The Morgan fingerprint density at radius 3 is 2.56 bits per heavy atom. The molecule has 4 aromatic rings. The van der Waals surface area contributed by atoms with Crippen molar-refractivity contribution < 1.29 is 13.6 Å². The fraction of sp³-hybridized carbons (Fsp3) is 0.379. The van der Waals surface area contributed by atoms with Gasteiger partial charge < -0.3 is 10.2 Å². The number of hydrogen-bond donors (Lipinski definition) is 2. The fourth-order valence-electron chi connectivity index (χ4n) is 5.42. The SMILES string of the molecule is O=C(Nc1ccc(N2CCC(F)(F)C2)nc1)c1n[nH]c2ccc(-c3cncc(CN4CCCCCC4)c3)cc12. The molecule has 0 atom stereocenters. The molecule has 0 radical (unpaired) electrons. The van der Waals surface area contributed by atoms with E-state index in [9.17, 15) is 13.6 Å². The number of benzene rings is 1. The zero-order chi connectivity index (χ0) is 26.8. The van der Waals surface area contributed by atoms with Crippen molar-refractivity contribution in [1.29, 1.82) is 0 Å². The maximum atomic E-state index is 13.5. The lowest BCUT2D eigenvalue weighted by atomic mass is 10.0. The van der Waals surface area contributed by atoms with Crippen LogP contribution in [0.2, 0.25) is 0 Å². The summed E-state index contributed by atoms with van der Waals surface area (Å²) in [6.45, 7) is 3.04. The summed E-state index contributed by atoms with van der Waals surface area (Å²) < 4.78 is 27.1. The van der Waals surface area contributed by atoms with E-state index in [1.165, 1.54) is 37.4 Å². The number of aromatic amines is 1. The maximum absolute atomic E-state index is 13.5. The predicted octanol–water partition coefficient (Wildman–Crippen LogP) is 5.49. The van der Waals surface area contributed by atoms with Crippen molar-refractivity contribution in [3.63, 3.8) is 0 Å². The first-order valence-electron chi connectivity index (χ1n) is 13.5. The highest BCUT2D eigenvalue weighted by atomic mass is 19.3. The van der Waals surface area contributed by atoms with Crippen LogP contribution in [0, 0.1) is 0 Å². The van der Waals surface area contributed by atoms with Gasteiger partial charge in [0.05, 0.1) is 23.9 Å². The van der Waals surface area contributed by atoms with Gasteiger partial charge in [-0.15, -0.1) is 0 Å². The molecule has 1 amide bonds. The van der Waals surface area contributed by atoms with E-state index in [0.717, 1.165) is 36.3 Å². The largest absolute Gasteiger partial charge is 0.350 e. The molecule has 6 rings (SSSR count). The number of rotatable bonds is 6. The van der Waals surface area contributed by atoms with Crippen molar-refractivity contribution in [2.24, 2.45) is 0 Å². The van der Waals surface area contributed by atoms with E-state index in [2.05, 4.69) is 36.4 Å². The lowest BCUT2D eigenvalue weighted by molar-refractivity contribution is 0.0256. The van der Waals surface area contributed by atoms with Crippen LogP contribution < -0.4 is 10.2 Å². The number of fused-ring (bicyclic) bond motifs is 1. The molecule has 8 nitrogen and oxygen atoms in total. The molecule has 5 heterocycles. The molecular formula is C29H31F2N7O. The molecule has 10 heteroatoms. The molecule has 1 aromatic carbocycles. The van der Waals surface area contributed by atoms with Crippen LogP contribution in [0.25, 0.3) is 22.0 Å². The number of halogens is 2. The normalized spacial score (nSPS) is 17.8. The molecule has 2 aliphatic rings. The lowest BCUT2D eigenvalue weighted by Gasteiger charge is -2.19. The number of pyridine rings is 2. The highest BCUT2D eigenvalue weighted by molar-refractivity contribution is 6.11. The molecule has 0 aliphatic carbocycles. The molecule has 0 spiro atoms. The van der Waals surface area contributed by atoms with Gasteiger partial charge in [-0.2, -0.15) is 5.10 Å². The molecule has 0 saturated carbocycles. The van der Waals surface area contributed by atoms with Crippen LogP contribution in [-0.4, -0.2) is 63.1 Å². The number of aromatic nitrogens is 4. The zero-order valence-corrected chi connectivity index (χ0v) is 21.7. The van der Waals surface area contributed by atoms with Gasteiger partial charge in [0.15, 0.2) is 5.69 Å². The van der Waals surface area contributed by atoms with Gasteiger partial charge in [0.2, 0.25) is 0 Å². The first-order chi connectivity index (χ1) is 18.9. The smallest absolute Gasteiger partial charge is 0.276 e. The first-order valence-corrected chi connectivity index (χ1v) is 13.5. The van der Waals surface area contributed by atoms with Crippen LogP contribution in [0.4, 0.5) is 20.3 Å². The predicted molar refractivity (Wildman–Crippen MR) is 147 cm³/mol. The van der Waals surface area contributed by atoms with Crippen molar-refractivity contribution in [3.05, 3.63) is 66.2 Å². The minimum Gasteiger partial charge on any atom is -0.350 e. The van der Waals surface area contributed by atoms with Crippen LogP contribution in [-0.2, 0) is 6.54 Å². The second-order valence-corrected chi connectivity index (χ2v) is 10.5. The third-order valence-corrected chi connectivity index (χ3v) is 7.51. The van der Waals surface area contributed by atoms with Crippen LogP contribution in [0.15, 0.2) is 55.0 Å². The molecule has 0 bridgehead atoms. The number of alkyl halides is 2. The van der Waals surface area contributed by atoms with Gasteiger partial charge in [-0.3, -0.25) is 19.8 Å². The number of carbonyl (C=O) groups excluding carboxylic acids is 1. The number of hydrogen-bond acceptors (Lipinski definition) is 6. The monoisotopic (exact) mass is 531 g/mol. The first kappa shape index (κ1) is 25.4. The summed E-state index contributed by atoms with van der Waals surface area (Å²) >= 11 is 0. The molecule has 39 heavy (non-hydrogen) atoms. The van der Waals surface area contributed by atoms with Gasteiger partial charge in [0.1, 0.15) is 5.82 Å². The van der Waals surface area contributed by atoms with Gasteiger partial charge in [-0.05, 0) is 67.4 Å². The summed E-state index contributed by atoms with van der Waals surface area (Å²) in [4.78, 5) is 25.9. The highest BCUT2D eigenvalue weighted by Gasteiger charge is 2.38. The summed E-state index contributed by atoms with van der Waals surface area (Å²) in [5.74, 6) is -2.61.